The van der Waals surface area contributed by atoms with E-state index in [9.17, 15) is 0 Å². The molecular weight excluding hydrogens is 236 g/mol. The molecule has 1 saturated carbocycles. The number of hydrogen-bond acceptors (Lipinski definition) is 3. The van der Waals surface area contributed by atoms with Crippen LogP contribution in [0.4, 0.5) is 0 Å². The molecule has 0 aromatic rings. The highest BCUT2D eigenvalue weighted by atomic mass is 16.5. The summed E-state index contributed by atoms with van der Waals surface area (Å²) in [4.78, 5) is 2.77. The van der Waals surface area contributed by atoms with E-state index in [1.165, 1.54) is 45.2 Å². The third-order valence-electron chi connectivity index (χ3n) is 5.09. The lowest BCUT2D eigenvalue weighted by Crippen LogP contribution is -2.60. The zero-order valence-electron chi connectivity index (χ0n) is 13.0. The van der Waals surface area contributed by atoms with Crippen LogP contribution in [0.5, 0.6) is 0 Å². The Labute approximate surface area is 119 Å². The molecule has 112 valence electrons. The minimum Gasteiger partial charge on any atom is -0.385 e. The van der Waals surface area contributed by atoms with Crippen molar-refractivity contribution >= 4 is 0 Å². The molecule has 1 aliphatic heterocycles. The summed E-state index contributed by atoms with van der Waals surface area (Å²) in [5.74, 6) is 0.916. The third kappa shape index (κ3) is 4.17. The third-order valence-corrected chi connectivity index (χ3v) is 5.09. The van der Waals surface area contributed by atoms with Gasteiger partial charge in [-0.1, -0.05) is 19.3 Å². The highest BCUT2D eigenvalue weighted by Crippen LogP contribution is 2.31. The first-order chi connectivity index (χ1) is 9.22. The van der Waals surface area contributed by atoms with Crippen molar-refractivity contribution in [2.75, 3.05) is 26.8 Å². The van der Waals surface area contributed by atoms with Gasteiger partial charge in [0.25, 0.3) is 0 Å². The second-order valence-corrected chi connectivity index (χ2v) is 6.60. The fourth-order valence-corrected chi connectivity index (χ4v) is 3.87. The Morgan fingerprint density at radius 2 is 2.00 bits per heavy atom. The van der Waals surface area contributed by atoms with Gasteiger partial charge >= 0.3 is 0 Å². The Morgan fingerprint density at radius 1 is 1.26 bits per heavy atom. The maximum Gasteiger partial charge on any atom is 0.0477 e. The number of piperazine rings is 1. The molecule has 3 heteroatoms. The molecule has 1 aliphatic carbocycles. The van der Waals surface area contributed by atoms with Gasteiger partial charge < -0.3 is 10.1 Å². The van der Waals surface area contributed by atoms with Crippen LogP contribution < -0.4 is 5.32 Å². The van der Waals surface area contributed by atoms with Gasteiger partial charge in [-0.3, -0.25) is 4.90 Å². The molecular formula is C16H32N2O. The SMILES string of the molecule is COCCC(C)N1CC(C)NCC1C1CCCCC1. The van der Waals surface area contributed by atoms with Gasteiger partial charge in [0.1, 0.15) is 0 Å². The van der Waals surface area contributed by atoms with E-state index in [1.54, 1.807) is 0 Å². The molecule has 3 atom stereocenters. The molecule has 0 spiro atoms. The van der Waals surface area contributed by atoms with Crippen LogP contribution in [0.1, 0.15) is 52.4 Å². The number of nitrogens with zero attached hydrogens (tertiary/aromatic N) is 1. The van der Waals surface area contributed by atoms with Crippen molar-refractivity contribution in [2.45, 2.75) is 70.5 Å². The predicted octanol–water partition coefficient (Wildman–Crippen LogP) is 2.65. The minimum absolute atomic E-state index is 0.629. The molecule has 2 fully saturated rings. The number of rotatable bonds is 5. The molecule has 0 aromatic carbocycles. The molecule has 3 nitrogen and oxygen atoms in total. The van der Waals surface area contributed by atoms with Crippen molar-refractivity contribution < 1.29 is 4.74 Å². The highest BCUT2D eigenvalue weighted by Gasteiger charge is 2.34. The van der Waals surface area contributed by atoms with E-state index in [-0.39, 0.29) is 0 Å². The van der Waals surface area contributed by atoms with Crippen LogP contribution in [0.3, 0.4) is 0 Å². The van der Waals surface area contributed by atoms with Gasteiger partial charge in [0, 0.05) is 44.9 Å². The highest BCUT2D eigenvalue weighted by molar-refractivity contribution is 4.91. The van der Waals surface area contributed by atoms with E-state index in [1.807, 2.05) is 7.11 Å². The number of ether oxygens (including phenoxy) is 1. The van der Waals surface area contributed by atoms with Crippen LogP contribution in [0.2, 0.25) is 0 Å². The first-order valence-corrected chi connectivity index (χ1v) is 8.20. The lowest BCUT2D eigenvalue weighted by atomic mass is 9.81. The van der Waals surface area contributed by atoms with E-state index >= 15 is 0 Å². The average Bonchev–Trinajstić information content (AvgIpc) is 2.45. The van der Waals surface area contributed by atoms with E-state index < -0.39 is 0 Å². The van der Waals surface area contributed by atoms with Gasteiger partial charge in [-0.15, -0.1) is 0 Å². The van der Waals surface area contributed by atoms with E-state index in [0.717, 1.165) is 25.0 Å². The second-order valence-electron chi connectivity index (χ2n) is 6.60. The molecule has 0 radical (unpaired) electrons. The smallest absolute Gasteiger partial charge is 0.0477 e. The largest absolute Gasteiger partial charge is 0.385 e. The zero-order chi connectivity index (χ0) is 13.7. The Hall–Kier alpha value is -0.120. The molecule has 2 rings (SSSR count). The molecule has 0 bridgehead atoms. The standard InChI is InChI=1S/C16H32N2O/c1-13-12-18(14(2)9-10-19-3)16(11-17-13)15-7-5-4-6-8-15/h13-17H,4-12H2,1-3H3. The maximum absolute atomic E-state index is 5.27. The van der Waals surface area contributed by atoms with E-state index in [0.29, 0.717) is 12.1 Å². The van der Waals surface area contributed by atoms with Gasteiger partial charge in [-0.2, -0.15) is 0 Å². The summed E-state index contributed by atoms with van der Waals surface area (Å²) in [7, 11) is 1.81. The molecule has 3 unspecified atom stereocenters. The monoisotopic (exact) mass is 268 g/mol. The van der Waals surface area contributed by atoms with Crippen molar-refractivity contribution in [3.05, 3.63) is 0 Å². The van der Waals surface area contributed by atoms with Gasteiger partial charge in [-0.25, -0.2) is 0 Å². The van der Waals surface area contributed by atoms with Crippen LogP contribution >= 0.6 is 0 Å². The van der Waals surface area contributed by atoms with E-state index in [4.69, 9.17) is 4.74 Å². The van der Waals surface area contributed by atoms with Gasteiger partial charge in [0.05, 0.1) is 0 Å². The summed E-state index contributed by atoms with van der Waals surface area (Å²) in [6, 6.07) is 2.03. The van der Waals surface area contributed by atoms with Crippen LogP contribution in [0.25, 0.3) is 0 Å². The lowest BCUT2D eigenvalue weighted by Gasteiger charge is -2.47. The first-order valence-electron chi connectivity index (χ1n) is 8.20. The Bertz CT molecular complexity index is 253. The molecule has 0 amide bonds. The van der Waals surface area contributed by atoms with Crippen LogP contribution in [-0.2, 0) is 4.74 Å². The average molecular weight is 268 g/mol. The van der Waals surface area contributed by atoms with Gasteiger partial charge in [-0.05, 0) is 39.0 Å². The van der Waals surface area contributed by atoms with Crippen molar-refractivity contribution in [3.8, 4) is 0 Å². The summed E-state index contributed by atoms with van der Waals surface area (Å²) < 4.78 is 5.27. The zero-order valence-corrected chi connectivity index (χ0v) is 13.0. The van der Waals surface area contributed by atoms with Crippen LogP contribution in [0, 0.1) is 5.92 Å². The fraction of sp³-hybridized carbons (Fsp3) is 1.00. The molecule has 1 saturated heterocycles. The Morgan fingerprint density at radius 3 is 2.68 bits per heavy atom. The van der Waals surface area contributed by atoms with Crippen LogP contribution in [0.15, 0.2) is 0 Å². The summed E-state index contributed by atoms with van der Waals surface area (Å²) in [6.45, 7) is 7.96. The first kappa shape index (κ1) is 15.3. The molecule has 1 heterocycles. The predicted molar refractivity (Wildman–Crippen MR) is 80.5 cm³/mol. The van der Waals surface area contributed by atoms with E-state index in [2.05, 4.69) is 24.1 Å². The summed E-state index contributed by atoms with van der Waals surface area (Å²) >= 11 is 0. The molecule has 19 heavy (non-hydrogen) atoms. The quantitative estimate of drug-likeness (QED) is 0.829. The Kier molecular flexibility index (Phi) is 6.11. The van der Waals surface area contributed by atoms with Crippen molar-refractivity contribution in [1.29, 1.82) is 0 Å². The fourth-order valence-electron chi connectivity index (χ4n) is 3.87. The minimum atomic E-state index is 0.629. The molecule has 2 aliphatic rings. The second kappa shape index (κ2) is 7.61. The molecule has 0 aromatic heterocycles. The van der Waals surface area contributed by atoms with Crippen molar-refractivity contribution in [2.24, 2.45) is 5.92 Å². The number of nitrogens with one attached hydrogen (secondary N) is 1. The van der Waals surface area contributed by atoms with Crippen molar-refractivity contribution in [1.82, 2.24) is 10.2 Å². The van der Waals surface area contributed by atoms with Gasteiger partial charge in [0.2, 0.25) is 0 Å². The topological polar surface area (TPSA) is 24.5 Å². The van der Waals surface area contributed by atoms with Crippen LogP contribution in [-0.4, -0.2) is 49.8 Å². The summed E-state index contributed by atoms with van der Waals surface area (Å²) in [5, 5.41) is 3.70. The Balaban J connectivity index is 1.96. The van der Waals surface area contributed by atoms with Crippen molar-refractivity contribution in [3.63, 3.8) is 0 Å². The number of hydrogen-bond donors (Lipinski definition) is 1. The maximum atomic E-state index is 5.27. The summed E-state index contributed by atoms with van der Waals surface area (Å²) in [5.41, 5.74) is 0. The van der Waals surface area contributed by atoms with Gasteiger partial charge in [0.15, 0.2) is 0 Å². The normalized spacial score (nSPS) is 32.4. The lowest BCUT2D eigenvalue weighted by molar-refractivity contribution is 0.0318. The number of methoxy groups -OCH3 is 1. The molecule has 1 N–H and O–H groups in total. The summed E-state index contributed by atoms with van der Waals surface area (Å²) in [6.07, 6.45) is 8.37.